The van der Waals surface area contributed by atoms with Crippen molar-refractivity contribution in [2.45, 2.75) is 37.8 Å². The monoisotopic (exact) mass is 223 g/mol. The molecule has 0 aromatic heterocycles. The van der Waals surface area contributed by atoms with Gasteiger partial charge in [-0.2, -0.15) is 0 Å². The van der Waals surface area contributed by atoms with Gasteiger partial charge in [0.25, 0.3) is 0 Å². The van der Waals surface area contributed by atoms with Crippen molar-refractivity contribution < 1.29 is 9.13 Å². The van der Waals surface area contributed by atoms with Crippen LogP contribution >= 0.6 is 0 Å². The highest BCUT2D eigenvalue weighted by molar-refractivity contribution is 5.17. The molecule has 2 rings (SSSR count). The van der Waals surface area contributed by atoms with E-state index in [1.165, 1.54) is 6.07 Å². The van der Waals surface area contributed by atoms with E-state index >= 15 is 0 Å². The van der Waals surface area contributed by atoms with Crippen LogP contribution in [0.25, 0.3) is 0 Å². The van der Waals surface area contributed by atoms with Gasteiger partial charge in [0.1, 0.15) is 5.82 Å². The molecule has 1 aliphatic rings. The van der Waals surface area contributed by atoms with E-state index in [9.17, 15) is 4.39 Å². The Kier molecular flexibility index (Phi) is 3.91. The van der Waals surface area contributed by atoms with Crippen LogP contribution in [0.2, 0.25) is 0 Å². The first-order valence-electron chi connectivity index (χ1n) is 5.85. The second-order valence-corrected chi connectivity index (χ2v) is 4.46. The third-order valence-electron chi connectivity index (χ3n) is 2.98. The van der Waals surface area contributed by atoms with Crippen molar-refractivity contribution in [3.63, 3.8) is 0 Å². The molecule has 88 valence electrons. The van der Waals surface area contributed by atoms with E-state index < -0.39 is 0 Å². The lowest BCUT2D eigenvalue weighted by Crippen LogP contribution is -2.28. The van der Waals surface area contributed by atoms with E-state index in [2.05, 4.69) is 0 Å². The molecule has 0 spiro atoms. The first-order chi connectivity index (χ1) is 7.74. The molecule has 1 fully saturated rings. The molecule has 2 nitrogen and oxygen atoms in total. The fourth-order valence-corrected chi connectivity index (χ4v) is 2.22. The molecule has 1 aromatic carbocycles. The van der Waals surface area contributed by atoms with Gasteiger partial charge in [0.15, 0.2) is 0 Å². The van der Waals surface area contributed by atoms with Crippen LogP contribution in [-0.2, 0) is 11.2 Å². The van der Waals surface area contributed by atoms with Crippen LogP contribution in [0.5, 0.6) is 0 Å². The fraction of sp³-hybridized carbons (Fsp3) is 0.538. The molecule has 0 amide bonds. The summed E-state index contributed by atoms with van der Waals surface area (Å²) in [4.78, 5) is 0. The lowest BCUT2D eigenvalue weighted by atomic mass is 10.0. The van der Waals surface area contributed by atoms with E-state index in [0.29, 0.717) is 6.10 Å². The summed E-state index contributed by atoms with van der Waals surface area (Å²) in [5.41, 5.74) is 7.00. The highest BCUT2D eigenvalue weighted by Crippen LogP contribution is 2.18. The lowest BCUT2D eigenvalue weighted by Gasteiger charge is -2.16. The number of hydrogen-bond acceptors (Lipinski definition) is 2. The van der Waals surface area contributed by atoms with Gasteiger partial charge in [-0.25, -0.2) is 4.39 Å². The van der Waals surface area contributed by atoms with Gasteiger partial charge < -0.3 is 10.5 Å². The molecule has 2 unspecified atom stereocenters. The quantitative estimate of drug-likeness (QED) is 0.849. The zero-order valence-corrected chi connectivity index (χ0v) is 9.36. The van der Waals surface area contributed by atoms with Crippen LogP contribution < -0.4 is 5.73 Å². The molecule has 0 radical (unpaired) electrons. The summed E-state index contributed by atoms with van der Waals surface area (Å²) in [5.74, 6) is -0.193. The number of rotatable bonds is 4. The average molecular weight is 223 g/mol. The Morgan fingerprint density at radius 2 is 2.38 bits per heavy atom. The normalized spacial score (nSPS) is 22.2. The van der Waals surface area contributed by atoms with Gasteiger partial charge in [0.2, 0.25) is 0 Å². The van der Waals surface area contributed by atoms with Crippen LogP contribution in [0, 0.1) is 5.82 Å². The van der Waals surface area contributed by atoms with Crippen molar-refractivity contribution in [2.75, 3.05) is 6.61 Å². The van der Waals surface area contributed by atoms with Crippen LogP contribution in [0.4, 0.5) is 4.39 Å². The topological polar surface area (TPSA) is 35.2 Å². The van der Waals surface area contributed by atoms with Crippen molar-refractivity contribution in [3.05, 3.63) is 35.6 Å². The van der Waals surface area contributed by atoms with Crippen LogP contribution in [0.3, 0.4) is 0 Å². The minimum atomic E-state index is -0.193. The summed E-state index contributed by atoms with van der Waals surface area (Å²) in [5, 5.41) is 0. The molecule has 0 bridgehead atoms. The Morgan fingerprint density at radius 3 is 3.06 bits per heavy atom. The van der Waals surface area contributed by atoms with E-state index in [-0.39, 0.29) is 11.9 Å². The van der Waals surface area contributed by atoms with Gasteiger partial charge in [-0.1, -0.05) is 12.1 Å². The predicted octanol–water partition coefficient (Wildman–Crippen LogP) is 2.26. The highest BCUT2D eigenvalue weighted by atomic mass is 19.1. The molecule has 1 heterocycles. The van der Waals surface area contributed by atoms with E-state index in [1.54, 1.807) is 12.1 Å². The standard InChI is InChI=1S/C13H18FNO/c14-11-4-1-3-10(7-11)8-12(15)9-13-5-2-6-16-13/h1,3-4,7,12-13H,2,5-6,8-9,15H2. The van der Waals surface area contributed by atoms with E-state index in [4.69, 9.17) is 10.5 Å². The largest absolute Gasteiger partial charge is 0.378 e. The molecular formula is C13H18FNO. The van der Waals surface area contributed by atoms with Crippen molar-refractivity contribution in [1.29, 1.82) is 0 Å². The van der Waals surface area contributed by atoms with E-state index in [1.807, 2.05) is 6.07 Å². The maximum Gasteiger partial charge on any atom is 0.123 e. The maximum absolute atomic E-state index is 13.0. The molecule has 0 saturated carbocycles. The summed E-state index contributed by atoms with van der Waals surface area (Å²) >= 11 is 0. The Morgan fingerprint density at radius 1 is 1.50 bits per heavy atom. The molecule has 1 aliphatic heterocycles. The molecular weight excluding hydrogens is 205 g/mol. The van der Waals surface area contributed by atoms with Crippen molar-refractivity contribution in [2.24, 2.45) is 5.73 Å². The highest BCUT2D eigenvalue weighted by Gasteiger charge is 2.18. The molecule has 1 saturated heterocycles. The zero-order chi connectivity index (χ0) is 11.4. The Balaban J connectivity index is 1.84. The molecule has 2 N–H and O–H groups in total. The van der Waals surface area contributed by atoms with Crippen LogP contribution in [0.1, 0.15) is 24.8 Å². The van der Waals surface area contributed by atoms with Gasteiger partial charge in [-0.15, -0.1) is 0 Å². The summed E-state index contributed by atoms with van der Waals surface area (Å²) < 4.78 is 18.5. The Bertz CT molecular complexity index is 336. The van der Waals surface area contributed by atoms with Crippen LogP contribution in [0.15, 0.2) is 24.3 Å². The molecule has 2 atom stereocenters. The maximum atomic E-state index is 13.0. The Labute approximate surface area is 95.6 Å². The third-order valence-corrected chi connectivity index (χ3v) is 2.98. The van der Waals surface area contributed by atoms with Crippen LogP contribution in [-0.4, -0.2) is 18.8 Å². The lowest BCUT2D eigenvalue weighted by molar-refractivity contribution is 0.0983. The summed E-state index contributed by atoms with van der Waals surface area (Å²) in [6, 6.07) is 6.71. The number of hydrogen-bond donors (Lipinski definition) is 1. The van der Waals surface area contributed by atoms with E-state index in [0.717, 1.165) is 37.9 Å². The molecule has 0 aliphatic carbocycles. The molecule has 16 heavy (non-hydrogen) atoms. The first-order valence-corrected chi connectivity index (χ1v) is 5.85. The van der Waals surface area contributed by atoms with Gasteiger partial charge in [0.05, 0.1) is 6.10 Å². The summed E-state index contributed by atoms with van der Waals surface area (Å²) in [6.07, 6.45) is 4.14. The minimum absolute atomic E-state index is 0.0601. The molecule has 1 aromatic rings. The zero-order valence-electron chi connectivity index (χ0n) is 9.36. The van der Waals surface area contributed by atoms with Crippen molar-refractivity contribution >= 4 is 0 Å². The van der Waals surface area contributed by atoms with Gasteiger partial charge in [-0.05, 0) is 43.4 Å². The smallest absolute Gasteiger partial charge is 0.123 e. The predicted molar refractivity (Wildman–Crippen MR) is 61.7 cm³/mol. The summed E-state index contributed by atoms with van der Waals surface area (Å²) in [7, 11) is 0. The summed E-state index contributed by atoms with van der Waals surface area (Å²) in [6.45, 7) is 0.858. The van der Waals surface area contributed by atoms with Crippen molar-refractivity contribution in [3.8, 4) is 0 Å². The Hall–Kier alpha value is -0.930. The third kappa shape index (κ3) is 3.29. The average Bonchev–Trinajstić information content (AvgIpc) is 2.70. The number of ether oxygens (including phenoxy) is 1. The van der Waals surface area contributed by atoms with Gasteiger partial charge >= 0.3 is 0 Å². The second-order valence-electron chi connectivity index (χ2n) is 4.46. The molecule has 3 heteroatoms. The second kappa shape index (κ2) is 5.41. The van der Waals surface area contributed by atoms with Crippen molar-refractivity contribution in [1.82, 2.24) is 0 Å². The minimum Gasteiger partial charge on any atom is -0.378 e. The fourth-order valence-electron chi connectivity index (χ4n) is 2.22. The van der Waals surface area contributed by atoms with Gasteiger partial charge in [-0.3, -0.25) is 0 Å². The van der Waals surface area contributed by atoms with Gasteiger partial charge in [0, 0.05) is 12.6 Å². The SMILES string of the molecule is NC(Cc1cccc(F)c1)CC1CCCO1. The first kappa shape index (κ1) is 11.6. The number of halogens is 1. The number of nitrogens with two attached hydrogens (primary N) is 1. The number of benzene rings is 1.